The molecule has 3 amide bonds. The van der Waals surface area contributed by atoms with Crippen LogP contribution in [0.4, 0.5) is 4.39 Å². The molecule has 1 heterocycles. The number of carbonyl (C=O) groups excluding carboxylic acids is 3. The Morgan fingerprint density at radius 3 is 2.29 bits per heavy atom. The van der Waals surface area contributed by atoms with E-state index in [0.717, 1.165) is 0 Å². The summed E-state index contributed by atoms with van der Waals surface area (Å²) < 4.78 is 13.1. The average molecular weight is 423 g/mol. The van der Waals surface area contributed by atoms with Crippen molar-refractivity contribution in [2.75, 3.05) is 0 Å². The van der Waals surface area contributed by atoms with Gasteiger partial charge in [-0.3, -0.25) is 19.4 Å². The summed E-state index contributed by atoms with van der Waals surface area (Å²) in [7, 11) is 0. The zero-order valence-electron chi connectivity index (χ0n) is 16.8. The lowest BCUT2D eigenvalue weighted by molar-refractivity contribution is -0.130. The number of hydrogen-bond donors (Lipinski definition) is 3. The van der Waals surface area contributed by atoms with Gasteiger partial charge in [0.2, 0.25) is 17.7 Å². The predicted molar refractivity (Wildman–Crippen MR) is 112 cm³/mol. The highest BCUT2D eigenvalue weighted by Gasteiger charge is 2.26. The number of halogens is 1. The molecule has 0 radical (unpaired) electrons. The molecule has 3 rings (SSSR count). The molecule has 4 N–H and O–H groups in total. The fraction of sp³-hybridized carbons (Fsp3) is 0.227. The number of carbonyl (C=O) groups is 3. The summed E-state index contributed by atoms with van der Waals surface area (Å²) in [4.78, 5) is 45.1. The van der Waals surface area contributed by atoms with Crippen LogP contribution in [-0.4, -0.2) is 39.8 Å². The highest BCUT2D eigenvalue weighted by Crippen LogP contribution is 2.11. The molecular formula is C22H22FN5O3. The number of nitrogens with zero attached hydrogens (tertiary/aromatic N) is 2. The quantitative estimate of drug-likeness (QED) is 0.499. The molecule has 9 heteroatoms. The van der Waals surface area contributed by atoms with Gasteiger partial charge in [-0.2, -0.15) is 0 Å². The maximum absolute atomic E-state index is 13.1. The Hall–Kier alpha value is -3.88. The second-order valence-electron chi connectivity index (χ2n) is 7.10. The first-order chi connectivity index (χ1) is 14.8. The van der Waals surface area contributed by atoms with Crippen molar-refractivity contribution in [1.29, 1.82) is 0 Å². The van der Waals surface area contributed by atoms with Crippen LogP contribution < -0.4 is 16.4 Å². The molecule has 2 aromatic carbocycles. The summed E-state index contributed by atoms with van der Waals surface area (Å²) in [6.45, 7) is 1.28. The van der Waals surface area contributed by atoms with E-state index in [2.05, 4.69) is 20.6 Å². The molecular weight excluding hydrogens is 401 g/mol. The van der Waals surface area contributed by atoms with Crippen molar-refractivity contribution in [2.45, 2.75) is 31.8 Å². The first-order valence-electron chi connectivity index (χ1n) is 9.63. The van der Waals surface area contributed by atoms with Crippen LogP contribution in [0.1, 0.15) is 18.2 Å². The molecule has 0 saturated carbocycles. The SMILES string of the molecule is CC(=O)N[C@H](Cc1ccc(F)cc1)C(=O)N[C@@H](Cc1cnc2ccccc2n1)C(N)=O. The number of nitrogens with two attached hydrogens (primary N) is 1. The Morgan fingerprint density at radius 1 is 0.968 bits per heavy atom. The van der Waals surface area contributed by atoms with E-state index >= 15 is 0 Å². The summed E-state index contributed by atoms with van der Waals surface area (Å²) in [5, 5.41) is 5.13. The zero-order valence-corrected chi connectivity index (χ0v) is 16.8. The van der Waals surface area contributed by atoms with Crippen molar-refractivity contribution in [3.63, 3.8) is 0 Å². The normalized spacial score (nSPS) is 12.7. The smallest absolute Gasteiger partial charge is 0.243 e. The minimum atomic E-state index is -1.05. The van der Waals surface area contributed by atoms with Gasteiger partial charge in [0.15, 0.2) is 0 Å². The monoisotopic (exact) mass is 423 g/mol. The summed E-state index contributed by atoms with van der Waals surface area (Å²) in [6, 6.07) is 10.8. The van der Waals surface area contributed by atoms with Crippen molar-refractivity contribution in [2.24, 2.45) is 5.73 Å². The molecule has 0 aliphatic carbocycles. The number of hydrogen-bond acceptors (Lipinski definition) is 5. The van der Waals surface area contributed by atoms with Gasteiger partial charge < -0.3 is 16.4 Å². The minimum Gasteiger partial charge on any atom is -0.368 e. The number of nitrogens with one attached hydrogen (secondary N) is 2. The Balaban J connectivity index is 1.74. The molecule has 160 valence electrons. The van der Waals surface area contributed by atoms with Gasteiger partial charge >= 0.3 is 0 Å². The van der Waals surface area contributed by atoms with Crippen LogP contribution in [0.5, 0.6) is 0 Å². The van der Waals surface area contributed by atoms with Crippen molar-refractivity contribution in [3.8, 4) is 0 Å². The maximum atomic E-state index is 13.1. The maximum Gasteiger partial charge on any atom is 0.243 e. The Labute approximate surface area is 178 Å². The Bertz CT molecular complexity index is 1100. The van der Waals surface area contributed by atoms with E-state index in [1.807, 2.05) is 18.2 Å². The van der Waals surface area contributed by atoms with Crippen molar-refractivity contribution in [1.82, 2.24) is 20.6 Å². The number of amides is 3. The third-order valence-corrected chi connectivity index (χ3v) is 4.62. The molecule has 0 saturated heterocycles. The molecule has 0 spiro atoms. The number of benzene rings is 2. The van der Waals surface area contributed by atoms with Gasteiger partial charge in [0.25, 0.3) is 0 Å². The lowest BCUT2D eigenvalue weighted by atomic mass is 10.0. The van der Waals surface area contributed by atoms with Crippen LogP contribution in [-0.2, 0) is 27.2 Å². The first kappa shape index (κ1) is 21.8. The summed E-state index contributed by atoms with van der Waals surface area (Å²) >= 11 is 0. The van der Waals surface area contributed by atoms with Crippen molar-refractivity contribution in [3.05, 3.63) is 71.8 Å². The lowest BCUT2D eigenvalue weighted by Gasteiger charge is -2.21. The second kappa shape index (κ2) is 9.75. The van der Waals surface area contributed by atoms with E-state index in [-0.39, 0.29) is 12.8 Å². The fourth-order valence-corrected chi connectivity index (χ4v) is 3.11. The van der Waals surface area contributed by atoms with Gasteiger partial charge in [-0.05, 0) is 29.8 Å². The van der Waals surface area contributed by atoms with Gasteiger partial charge in [0.1, 0.15) is 17.9 Å². The standard InChI is InChI=1S/C22H22FN5O3/c1-13(29)26-20(10-14-6-8-15(23)9-7-14)22(31)28-19(21(24)30)11-16-12-25-17-4-2-3-5-18(17)27-16/h2-9,12,19-20H,10-11H2,1H3,(H2,24,30)(H,26,29)(H,28,31)/t19-,20+/m0/s1. The van der Waals surface area contributed by atoms with Gasteiger partial charge in [-0.25, -0.2) is 9.37 Å². The van der Waals surface area contributed by atoms with Gasteiger partial charge in [-0.1, -0.05) is 24.3 Å². The van der Waals surface area contributed by atoms with Crippen molar-refractivity contribution < 1.29 is 18.8 Å². The number of primary amides is 1. The topological polar surface area (TPSA) is 127 Å². The molecule has 0 fully saturated rings. The molecule has 0 unspecified atom stereocenters. The van der Waals surface area contributed by atoms with Crippen LogP contribution in [0.25, 0.3) is 11.0 Å². The van der Waals surface area contributed by atoms with Gasteiger partial charge in [-0.15, -0.1) is 0 Å². The van der Waals surface area contributed by atoms with E-state index in [1.165, 1.54) is 37.4 Å². The summed E-state index contributed by atoms with van der Waals surface area (Å²) in [5.74, 6) is -2.16. The van der Waals surface area contributed by atoms with Gasteiger partial charge in [0.05, 0.1) is 16.7 Å². The molecule has 31 heavy (non-hydrogen) atoms. The zero-order chi connectivity index (χ0) is 22.4. The molecule has 0 aliphatic rings. The third kappa shape index (κ3) is 6.05. The molecule has 1 aromatic heterocycles. The number of para-hydroxylation sites is 2. The highest BCUT2D eigenvalue weighted by atomic mass is 19.1. The lowest BCUT2D eigenvalue weighted by Crippen LogP contribution is -2.54. The third-order valence-electron chi connectivity index (χ3n) is 4.62. The van der Waals surface area contributed by atoms with Crippen LogP contribution in [0.2, 0.25) is 0 Å². The van der Waals surface area contributed by atoms with E-state index < -0.39 is 35.6 Å². The van der Waals surface area contributed by atoms with E-state index in [4.69, 9.17) is 5.73 Å². The minimum absolute atomic E-state index is 0.0439. The predicted octanol–water partition coefficient (Wildman–Crippen LogP) is 1.03. The number of rotatable bonds is 8. The number of aromatic nitrogens is 2. The largest absolute Gasteiger partial charge is 0.368 e. The van der Waals surface area contributed by atoms with Crippen LogP contribution in [0, 0.1) is 5.82 Å². The fourth-order valence-electron chi connectivity index (χ4n) is 3.11. The average Bonchev–Trinajstić information content (AvgIpc) is 2.73. The molecule has 2 atom stereocenters. The summed E-state index contributed by atoms with van der Waals surface area (Å²) in [5.41, 5.74) is 7.97. The van der Waals surface area contributed by atoms with Crippen LogP contribution in [0.3, 0.4) is 0 Å². The van der Waals surface area contributed by atoms with E-state index in [0.29, 0.717) is 22.3 Å². The molecule has 8 nitrogen and oxygen atoms in total. The Morgan fingerprint density at radius 2 is 1.65 bits per heavy atom. The van der Waals surface area contributed by atoms with E-state index in [9.17, 15) is 18.8 Å². The van der Waals surface area contributed by atoms with Crippen LogP contribution in [0.15, 0.2) is 54.7 Å². The van der Waals surface area contributed by atoms with Crippen molar-refractivity contribution >= 4 is 28.8 Å². The van der Waals surface area contributed by atoms with Crippen LogP contribution >= 0.6 is 0 Å². The summed E-state index contributed by atoms with van der Waals surface area (Å²) in [6.07, 6.45) is 1.68. The number of fused-ring (bicyclic) bond motifs is 1. The molecule has 0 aliphatic heterocycles. The van der Waals surface area contributed by atoms with Gasteiger partial charge in [0, 0.05) is 26.0 Å². The molecule has 0 bridgehead atoms. The Kier molecular flexibility index (Phi) is 6.86. The highest BCUT2D eigenvalue weighted by molar-refractivity contribution is 5.91. The second-order valence-corrected chi connectivity index (χ2v) is 7.10. The van der Waals surface area contributed by atoms with E-state index in [1.54, 1.807) is 6.07 Å². The first-order valence-corrected chi connectivity index (χ1v) is 9.63. The molecule has 3 aromatic rings.